The third-order valence-corrected chi connectivity index (χ3v) is 4.12. The Labute approximate surface area is 140 Å². The fraction of sp³-hybridized carbons (Fsp3) is 0.0625. The number of carbonyl (C=O) groups excluding carboxylic acids is 1. The Morgan fingerprint density at radius 1 is 1.25 bits per heavy atom. The number of thiazole rings is 1. The van der Waals surface area contributed by atoms with Gasteiger partial charge in [0.15, 0.2) is 10.9 Å². The van der Waals surface area contributed by atoms with E-state index in [-0.39, 0.29) is 21.5 Å². The first kappa shape index (κ1) is 15.8. The normalized spacial score (nSPS) is 10.4. The van der Waals surface area contributed by atoms with Crippen molar-refractivity contribution >= 4 is 28.3 Å². The fourth-order valence-corrected chi connectivity index (χ4v) is 3.07. The molecule has 1 amide bonds. The molecule has 7 nitrogen and oxygen atoms in total. The number of carbonyl (C=O) groups is 2. The highest BCUT2D eigenvalue weighted by molar-refractivity contribution is 7.18. The fourth-order valence-electron chi connectivity index (χ4n) is 2.15. The number of hydrogen-bond acceptors (Lipinski definition) is 6. The van der Waals surface area contributed by atoms with Crippen molar-refractivity contribution in [2.24, 2.45) is 0 Å². The highest BCUT2D eigenvalue weighted by Crippen LogP contribution is 2.34. The van der Waals surface area contributed by atoms with Crippen LogP contribution in [0.3, 0.4) is 0 Å². The summed E-state index contributed by atoms with van der Waals surface area (Å²) in [4.78, 5) is 28.2. The standard InChI is InChI=1S/C16H12N2O5S/c1-22-10-6-3-2-5-9(10)13(19)14-12(11-7-4-8-23-11)17-15(24-14)18-16(20)21/h2-8H,1H3,(H,17,18)(H,20,21). The number of anilines is 1. The number of nitrogens with one attached hydrogen (secondary N) is 1. The van der Waals surface area contributed by atoms with E-state index in [2.05, 4.69) is 10.3 Å². The summed E-state index contributed by atoms with van der Waals surface area (Å²) in [5.41, 5.74) is 0.642. The van der Waals surface area contributed by atoms with Crippen LogP contribution in [-0.2, 0) is 0 Å². The van der Waals surface area contributed by atoms with Crippen LogP contribution in [0.1, 0.15) is 15.2 Å². The van der Waals surface area contributed by atoms with Crippen molar-refractivity contribution in [3.63, 3.8) is 0 Å². The molecule has 24 heavy (non-hydrogen) atoms. The van der Waals surface area contributed by atoms with Crippen LogP contribution in [-0.4, -0.2) is 29.1 Å². The number of rotatable bonds is 5. The highest BCUT2D eigenvalue weighted by atomic mass is 32.1. The number of carboxylic acid groups (broad SMARTS) is 1. The van der Waals surface area contributed by atoms with Gasteiger partial charge in [-0.1, -0.05) is 23.5 Å². The van der Waals surface area contributed by atoms with Gasteiger partial charge in [0, 0.05) is 0 Å². The number of aromatic nitrogens is 1. The number of methoxy groups -OCH3 is 1. The van der Waals surface area contributed by atoms with Gasteiger partial charge < -0.3 is 14.3 Å². The highest BCUT2D eigenvalue weighted by Gasteiger charge is 2.25. The molecule has 0 aliphatic rings. The zero-order chi connectivity index (χ0) is 17.1. The second kappa shape index (κ2) is 6.55. The molecule has 0 unspecified atom stereocenters. The average Bonchev–Trinajstić information content (AvgIpc) is 3.22. The van der Waals surface area contributed by atoms with E-state index in [1.165, 1.54) is 13.4 Å². The lowest BCUT2D eigenvalue weighted by molar-refractivity contribution is 0.103. The number of nitrogens with zero attached hydrogens (tertiary/aromatic N) is 1. The van der Waals surface area contributed by atoms with Crippen molar-refractivity contribution in [2.75, 3.05) is 12.4 Å². The maximum atomic E-state index is 12.9. The minimum absolute atomic E-state index is 0.0900. The molecular weight excluding hydrogens is 332 g/mol. The number of amides is 1. The quantitative estimate of drug-likeness (QED) is 0.684. The third-order valence-electron chi connectivity index (χ3n) is 3.15. The Bertz CT molecular complexity index is 886. The van der Waals surface area contributed by atoms with E-state index in [1.807, 2.05) is 0 Å². The molecule has 122 valence electrons. The van der Waals surface area contributed by atoms with Gasteiger partial charge in [0.2, 0.25) is 5.78 Å². The van der Waals surface area contributed by atoms with Gasteiger partial charge in [0.05, 0.1) is 18.9 Å². The topological polar surface area (TPSA) is 102 Å². The lowest BCUT2D eigenvalue weighted by Gasteiger charge is -2.06. The van der Waals surface area contributed by atoms with E-state index in [0.29, 0.717) is 17.1 Å². The van der Waals surface area contributed by atoms with Crippen molar-refractivity contribution in [1.82, 2.24) is 4.98 Å². The first-order valence-electron chi connectivity index (χ1n) is 6.82. The average molecular weight is 344 g/mol. The Morgan fingerprint density at radius 2 is 2.04 bits per heavy atom. The molecule has 3 aromatic rings. The van der Waals surface area contributed by atoms with Gasteiger partial charge in [-0.05, 0) is 24.3 Å². The smallest absolute Gasteiger partial charge is 0.410 e. The maximum Gasteiger partial charge on any atom is 0.410 e. The van der Waals surface area contributed by atoms with Crippen LogP contribution < -0.4 is 10.1 Å². The van der Waals surface area contributed by atoms with E-state index in [9.17, 15) is 9.59 Å². The summed E-state index contributed by atoms with van der Waals surface area (Å²) in [6, 6.07) is 10.1. The summed E-state index contributed by atoms with van der Waals surface area (Å²) in [6.45, 7) is 0. The van der Waals surface area contributed by atoms with Crippen molar-refractivity contribution in [3.8, 4) is 17.2 Å². The second-order valence-electron chi connectivity index (χ2n) is 4.63. The molecule has 0 aliphatic heterocycles. The molecule has 2 heterocycles. The molecule has 0 aliphatic carbocycles. The molecule has 3 rings (SSSR count). The predicted molar refractivity (Wildman–Crippen MR) is 87.9 cm³/mol. The zero-order valence-electron chi connectivity index (χ0n) is 12.5. The van der Waals surface area contributed by atoms with Crippen LogP contribution in [0.25, 0.3) is 11.5 Å². The van der Waals surface area contributed by atoms with Gasteiger partial charge in [-0.15, -0.1) is 0 Å². The number of benzene rings is 1. The van der Waals surface area contributed by atoms with Crippen LogP contribution >= 0.6 is 11.3 Å². The molecule has 2 aromatic heterocycles. The second-order valence-corrected chi connectivity index (χ2v) is 5.63. The Balaban J connectivity index is 2.10. The molecule has 1 aromatic carbocycles. The number of hydrogen-bond donors (Lipinski definition) is 2. The zero-order valence-corrected chi connectivity index (χ0v) is 13.3. The number of ketones is 1. The van der Waals surface area contributed by atoms with Gasteiger partial charge in [-0.3, -0.25) is 10.1 Å². The van der Waals surface area contributed by atoms with Crippen LogP contribution in [0, 0.1) is 0 Å². The number of para-hydroxylation sites is 1. The summed E-state index contributed by atoms with van der Waals surface area (Å²) in [6.07, 6.45) is 0.196. The SMILES string of the molecule is COc1ccccc1C(=O)c1sc(NC(=O)O)nc1-c1ccco1. The van der Waals surface area contributed by atoms with E-state index in [4.69, 9.17) is 14.3 Å². The molecule has 0 saturated carbocycles. The Hall–Kier alpha value is -3.13. The summed E-state index contributed by atoms with van der Waals surface area (Å²) >= 11 is 0.940. The number of ether oxygens (including phenoxy) is 1. The molecule has 8 heteroatoms. The lowest BCUT2D eigenvalue weighted by Crippen LogP contribution is -2.06. The van der Waals surface area contributed by atoms with Gasteiger partial charge in [0.25, 0.3) is 0 Å². The van der Waals surface area contributed by atoms with Gasteiger partial charge in [-0.25, -0.2) is 9.78 Å². The van der Waals surface area contributed by atoms with Crippen molar-refractivity contribution in [2.45, 2.75) is 0 Å². The van der Waals surface area contributed by atoms with Gasteiger partial charge in [0.1, 0.15) is 16.3 Å². The molecule has 0 radical (unpaired) electrons. The van der Waals surface area contributed by atoms with E-state index >= 15 is 0 Å². The van der Waals surface area contributed by atoms with Crippen LogP contribution in [0.4, 0.5) is 9.93 Å². The molecule has 2 N–H and O–H groups in total. The number of furan rings is 1. The molecule has 0 saturated heterocycles. The van der Waals surface area contributed by atoms with E-state index in [0.717, 1.165) is 11.3 Å². The molecular formula is C16H12N2O5S. The summed E-state index contributed by atoms with van der Waals surface area (Å²) in [7, 11) is 1.48. The first-order valence-corrected chi connectivity index (χ1v) is 7.64. The minimum atomic E-state index is -1.26. The maximum absolute atomic E-state index is 12.9. The predicted octanol–water partition coefficient (Wildman–Crippen LogP) is 3.73. The summed E-state index contributed by atoms with van der Waals surface area (Å²) in [5.74, 6) is 0.478. The summed E-state index contributed by atoms with van der Waals surface area (Å²) in [5, 5.41) is 11.1. The molecule has 0 spiro atoms. The molecule has 0 bridgehead atoms. The van der Waals surface area contributed by atoms with Crippen LogP contribution in [0.15, 0.2) is 47.1 Å². The largest absolute Gasteiger partial charge is 0.496 e. The van der Waals surface area contributed by atoms with Gasteiger partial charge in [-0.2, -0.15) is 0 Å². The van der Waals surface area contributed by atoms with Crippen LogP contribution in [0.5, 0.6) is 5.75 Å². The summed E-state index contributed by atoms with van der Waals surface area (Å²) < 4.78 is 10.5. The van der Waals surface area contributed by atoms with Crippen molar-refractivity contribution in [3.05, 3.63) is 53.1 Å². The van der Waals surface area contributed by atoms with Gasteiger partial charge >= 0.3 is 6.09 Å². The van der Waals surface area contributed by atoms with Crippen molar-refractivity contribution in [1.29, 1.82) is 0 Å². The lowest BCUT2D eigenvalue weighted by atomic mass is 10.1. The monoisotopic (exact) mass is 344 g/mol. The van der Waals surface area contributed by atoms with E-state index in [1.54, 1.807) is 36.4 Å². The third kappa shape index (κ3) is 2.99. The van der Waals surface area contributed by atoms with Crippen LogP contribution in [0.2, 0.25) is 0 Å². The minimum Gasteiger partial charge on any atom is -0.496 e. The molecule has 0 fully saturated rings. The van der Waals surface area contributed by atoms with Crippen molar-refractivity contribution < 1.29 is 23.8 Å². The first-order chi connectivity index (χ1) is 11.6. The molecule has 0 atom stereocenters. The van der Waals surface area contributed by atoms with E-state index < -0.39 is 6.09 Å². The Morgan fingerprint density at radius 3 is 2.71 bits per heavy atom. The Kier molecular flexibility index (Phi) is 4.30.